The fraction of sp³-hybridized carbons (Fsp3) is 0.105. The van der Waals surface area contributed by atoms with Gasteiger partial charge in [0.1, 0.15) is 0 Å². The molecule has 0 aliphatic carbocycles. The zero-order valence-electron chi connectivity index (χ0n) is 14.6. The summed E-state index contributed by atoms with van der Waals surface area (Å²) < 4.78 is 1.64. The quantitative estimate of drug-likeness (QED) is 0.491. The van der Waals surface area contributed by atoms with Crippen molar-refractivity contribution < 1.29 is 4.79 Å². The van der Waals surface area contributed by atoms with E-state index in [0.29, 0.717) is 22.4 Å². The van der Waals surface area contributed by atoms with E-state index in [9.17, 15) is 4.79 Å². The second-order valence-electron chi connectivity index (χ2n) is 5.86. The Morgan fingerprint density at radius 3 is 2.71 bits per heavy atom. The van der Waals surface area contributed by atoms with E-state index < -0.39 is 0 Å². The van der Waals surface area contributed by atoms with Gasteiger partial charge in [-0.1, -0.05) is 41.6 Å². The van der Waals surface area contributed by atoms with Crippen LogP contribution in [0.15, 0.2) is 66.1 Å². The topological polar surface area (TPSA) is 85.1 Å². The lowest BCUT2D eigenvalue weighted by molar-refractivity contribution is -0.118. The second-order valence-corrected chi connectivity index (χ2v) is 7.21. The highest BCUT2D eigenvalue weighted by Gasteiger charge is 2.12. The summed E-state index contributed by atoms with van der Waals surface area (Å²) in [6.07, 6.45) is 3.43. The molecule has 0 aliphatic rings. The fourth-order valence-corrected chi connectivity index (χ4v) is 3.47. The largest absolute Gasteiger partial charge is 0.351 e. The molecular formula is C19H15ClN6OS. The van der Waals surface area contributed by atoms with Crippen LogP contribution in [0.3, 0.4) is 0 Å². The molecule has 9 heteroatoms. The molecule has 0 saturated heterocycles. The number of fused-ring (bicyclic) bond motifs is 1. The van der Waals surface area contributed by atoms with Crippen LogP contribution in [-0.2, 0) is 11.3 Å². The first kappa shape index (κ1) is 18.4. The number of nitrogens with zero attached hydrogens (tertiary/aromatic N) is 5. The van der Waals surface area contributed by atoms with Crippen LogP contribution in [0.1, 0.15) is 5.56 Å². The maximum atomic E-state index is 12.2. The number of halogens is 1. The van der Waals surface area contributed by atoms with Crippen LogP contribution in [-0.4, -0.2) is 36.5 Å². The summed E-state index contributed by atoms with van der Waals surface area (Å²) in [4.78, 5) is 16.2. The molecule has 28 heavy (non-hydrogen) atoms. The smallest absolute Gasteiger partial charge is 0.230 e. The number of benzene rings is 1. The summed E-state index contributed by atoms with van der Waals surface area (Å²) in [5.74, 6) is 0.0822. The molecule has 3 heterocycles. The van der Waals surface area contributed by atoms with Gasteiger partial charge in [-0.25, -0.2) is 0 Å². The molecule has 1 N–H and O–H groups in total. The summed E-state index contributed by atoms with van der Waals surface area (Å²) in [6.45, 7) is 0.379. The molecule has 0 spiro atoms. The average molecular weight is 411 g/mol. The van der Waals surface area contributed by atoms with Crippen molar-refractivity contribution in [3.8, 4) is 11.3 Å². The number of aromatic nitrogens is 5. The first-order chi connectivity index (χ1) is 13.7. The van der Waals surface area contributed by atoms with Crippen LogP contribution in [0, 0.1) is 0 Å². The van der Waals surface area contributed by atoms with Crippen LogP contribution < -0.4 is 5.32 Å². The summed E-state index contributed by atoms with van der Waals surface area (Å²) in [6, 6.07) is 14.9. The number of amides is 1. The maximum Gasteiger partial charge on any atom is 0.230 e. The molecule has 0 fully saturated rings. The molecule has 4 rings (SSSR count). The van der Waals surface area contributed by atoms with E-state index in [2.05, 4.69) is 25.6 Å². The first-order valence-corrected chi connectivity index (χ1v) is 9.83. The minimum absolute atomic E-state index is 0.119. The predicted octanol–water partition coefficient (Wildman–Crippen LogP) is 3.25. The molecule has 140 valence electrons. The molecule has 1 aromatic carbocycles. The SMILES string of the molecule is O=C(CSc1nnc2ccc(-c3ccncc3)nn12)NCc1ccccc1Cl. The minimum Gasteiger partial charge on any atom is -0.351 e. The number of hydrogen-bond acceptors (Lipinski definition) is 6. The maximum absolute atomic E-state index is 12.2. The van der Waals surface area contributed by atoms with E-state index in [1.807, 2.05) is 42.5 Å². The van der Waals surface area contributed by atoms with E-state index in [1.54, 1.807) is 23.0 Å². The number of rotatable bonds is 6. The lowest BCUT2D eigenvalue weighted by Gasteiger charge is -2.06. The Morgan fingerprint density at radius 1 is 1.07 bits per heavy atom. The first-order valence-electron chi connectivity index (χ1n) is 8.46. The number of hydrogen-bond donors (Lipinski definition) is 1. The molecule has 0 bridgehead atoms. The Labute approximate surface area is 170 Å². The van der Waals surface area contributed by atoms with E-state index in [4.69, 9.17) is 11.6 Å². The Bertz CT molecular complexity index is 1120. The second kappa shape index (κ2) is 8.37. The molecule has 4 aromatic rings. The van der Waals surface area contributed by atoms with Gasteiger partial charge in [-0.2, -0.15) is 9.61 Å². The third kappa shape index (κ3) is 4.13. The predicted molar refractivity (Wildman–Crippen MR) is 108 cm³/mol. The highest BCUT2D eigenvalue weighted by molar-refractivity contribution is 7.99. The van der Waals surface area contributed by atoms with Crippen molar-refractivity contribution in [3.63, 3.8) is 0 Å². The van der Waals surface area contributed by atoms with Crippen molar-refractivity contribution in [1.29, 1.82) is 0 Å². The third-order valence-electron chi connectivity index (χ3n) is 3.98. The van der Waals surface area contributed by atoms with Crippen molar-refractivity contribution in [2.24, 2.45) is 0 Å². The standard InChI is InChI=1S/C19H15ClN6OS/c20-15-4-2-1-3-14(15)11-22-18(27)12-28-19-24-23-17-6-5-16(25-26(17)19)13-7-9-21-10-8-13/h1-10H,11-12H2,(H,22,27). The van der Waals surface area contributed by atoms with Gasteiger partial charge < -0.3 is 5.32 Å². The number of carbonyl (C=O) groups is 1. The molecule has 1 amide bonds. The van der Waals surface area contributed by atoms with Crippen LogP contribution in [0.4, 0.5) is 0 Å². The average Bonchev–Trinajstić information content (AvgIpc) is 3.14. The van der Waals surface area contributed by atoms with Gasteiger partial charge in [0.05, 0.1) is 11.4 Å². The normalized spacial score (nSPS) is 10.9. The molecule has 0 saturated carbocycles. The van der Waals surface area contributed by atoms with Gasteiger partial charge in [0, 0.05) is 29.5 Å². The van der Waals surface area contributed by atoms with E-state index in [1.165, 1.54) is 11.8 Å². The van der Waals surface area contributed by atoms with E-state index in [0.717, 1.165) is 16.8 Å². The van der Waals surface area contributed by atoms with Gasteiger partial charge in [0.15, 0.2) is 5.65 Å². The molecule has 3 aromatic heterocycles. The van der Waals surface area contributed by atoms with Crippen molar-refractivity contribution in [2.75, 3.05) is 5.75 Å². The lowest BCUT2D eigenvalue weighted by Crippen LogP contribution is -2.24. The van der Waals surface area contributed by atoms with Gasteiger partial charge >= 0.3 is 0 Å². The Kier molecular flexibility index (Phi) is 5.50. The van der Waals surface area contributed by atoms with Crippen LogP contribution in [0.25, 0.3) is 16.9 Å². The van der Waals surface area contributed by atoms with Crippen molar-refractivity contribution in [1.82, 2.24) is 30.1 Å². The molecule has 0 atom stereocenters. The van der Waals surface area contributed by atoms with E-state index >= 15 is 0 Å². The van der Waals surface area contributed by atoms with Crippen LogP contribution in [0.5, 0.6) is 0 Å². The summed E-state index contributed by atoms with van der Waals surface area (Å²) in [5, 5.41) is 16.9. The van der Waals surface area contributed by atoms with Gasteiger partial charge in [-0.3, -0.25) is 9.78 Å². The lowest BCUT2D eigenvalue weighted by atomic mass is 10.2. The Balaban J connectivity index is 1.43. The number of pyridine rings is 1. The minimum atomic E-state index is -0.119. The zero-order chi connectivity index (χ0) is 19.3. The van der Waals surface area contributed by atoms with Gasteiger partial charge in [0.2, 0.25) is 11.1 Å². The van der Waals surface area contributed by atoms with Crippen molar-refractivity contribution in [2.45, 2.75) is 11.7 Å². The summed E-state index contributed by atoms with van der Waals surface area (Å²) in [5.41, 5.74) is 3.22. The zero-order valence-corrected chi connectivity index (χ0v) is 16.2. The number of carbonyl (C=O) groups excluding carboxylic acids is 1. The molecule has 0 radical (unpaired) electrons. The Hall–Kier alpha value is -2.97. The van der Waals surface area contributed by atoms with Crippen molar-refractivity contribution in [3.05, 3.63) is 71.5 Å². The van der Waals surface area contributed by atoms with Gasteiger partial charge in [0.25, 0.3) is 0 Å². The van der Waals surface area contributed by atoms with Gasteiger partial charge in [-0.15, -0.1) is 10.2 Å². The van der Waals surface area contributed by atoms with E-state index in [-0.39, 0.29) is 11.7 Å². The highest BCUT2D eigenvalue weighted by Crippen LogP contribution is 2.20. The third-order valence-corrected chi connectivity index (χ3v) is 5.26. The molecular weight excluding hydrogens is 396 g/mol. The number of thioether (sulfide) groups is 1. The highest BCUT2D eigenvalue weighted by atomic mass is 35.5. The molecule has 0 unspecified atom stereocenters. The van der Waals surface area contributed by atoms with Crippen molar-refractivity contribution >= 4 is 34.9 Å². The monoisotopic (exact) mass is 410 g/mol. The van der Waals surface area contributed by atoms with Crippen LogP contribution in [0.2, 0.25) is 5.02 Å². The Morgan fingerprint density at radius 2 is 1.89 bits per heavy atom. The summed E-state index contributed by atoms with van der Waals surface area (Å²) >= 11 is 7.38. The summed E-state index contributed by atoms with van der Waals surface area (Å²) in [7, 11) is 0. The van der Waals surface area contributed by atoms with Gasteiger partial charge in [-0.05, 0) is 35.9 Å². The fourth-order valence-electron chi connectivity index (χ4n) is 2.55. The molecule has 7 nitrogen and oxygen atoms in total. The van der Waals surface area contributed by atoms with Crippen LogP contribution >= 0.6 is 23.4 Å². The number of nitrogens with one attached hydrogen (secondary N) is 1. The molecule has 0 aliphatic heterocycles.